The molecular weight excluding hydrogens is 521 g/mol. The number of allylic oxidation sites excluding steroid dienone is 4. The van der Waals surface area contributed by atoms with Crippen LogP contribution in [0, 0.1) is 5.82 Å². The van der Waals surface area contributed by atoms with E-state index in [-0.39, 0.29) is 24.0 Å². The molecule has 0 unspecified atom stereocenters. The summed E-state index contributed by atoms with van der Waals surface area (Å²) >= 11 is 6.77. The molecule has 0 atom stereocenters. The number of hydrogen-bond donors (Lipinski definition) is 0. The van der Waals surface area contributed by atoms with Crippen LogP contribution in [0.2, 0.25) is 5.02 Å². The van der Waals surface area contributed by atoms with E-state index in [1.54, 1.807) is 25.3 Å². The number of halogens is 2. The predicted octanol–water partition coefficient (Wildman–Crippen LogP) is 6.52. The number of ketones is 2. The van der Waals surface area contributed by atoms with E-state index in [4.69, 9.17) is 25.8 Å². The van der Waals surface area contributed by atoms with Crippen molar-refractivity contribution < 1.29 is 28.2 Å². The Bertz CT molecular complexity index is 1290. The fourth-order valence-corrected chi connectivity index (χ4v) is 6.24. The van der Waals surface area contributed by atoms with Crippen LogP contribution >= 0.6 is 11.6 Å². The topological polar surface area (TPSA) is 65.1 Å². The number of hydrogen-bond acceptors (Lipinski definition) is 6. The van der Waals surface area contributed by atoms with Gasteiger partial charge in [-0.15, -0.1) is 0 Å². The van der Waals surface area contributed by atoms with Crippen molar-refractivity contribution in [3.05, 3.63) is 80.9 Å². The van der Waals surface area contributed by atoms with Gasteiger partial charge in [0, 0.05) is 61.6 Å². The Labute approximate surface area is 233 Å². The van der Waals surface area contributed by atoms with Crippen LogP contribution in [0.1, 0.15) is 62.0 Å². The quantitative estimate of drug-likeness (QED) is 0.330. The molecule has 0 radical (unpaired) electrons. The first-order valence-corrected chi connectivity index (χ1v) is 13.8. The molecule has 2 aromatic carbocycles. The molecule has 2 aliphatic carbocycles. The Morgan fingerprint density at radius 3 is 2.18 bits per heavy atom. The maximum Gasteiger partial charge on any atom is 0.180 e. The molecule has 0 N–H and O–H groups in total. The first-order chi connectivity index (χ1) is 18.9. The molecular formula is C31H33ClFNO5. The molecule has 1 heterocycles. The Hall–Kier alpha value is -3.16. The summed E-state index contributed by atoms with van der Waals surface area (Å²) in [5, 5.41) is 0.324. The predicted molar refractivity (Wildman–Crippen MR) is 146 cm³/mol. The lowest BCUT2D eigenvalue weighted by atomic mass is 9.71. The average Bonchev–Trinajstić information content (AvgIpc) is 2.93. The second kappa shape index (κ2) is 11.9. The number of carbonyl (C=O) groups excluding carboxylic acids is 2. The highest BCUT2D eigenvalue weighted by molar-refractivity contribution is 6.32. The molecule has 0 amide bonds. The smallest absolute Gasteiger partial charge is 0.180 e. The van der Waals surface area contributed by atoms with Crippen LogP contribution in [0.5, 0.6) is 11.5 Å². The maximum atomic E-state index is 13.5. The zero-order valence-electron chi connectivity index (χ0n) is 22.4. The minimum atomic E-state index is -0.494. The third kappa shape index (κ3) is 5.48. The zero-order valence-corrected chi connectivity index (χ0v) is 23.1. The van der Waals surface area contributed by atoms with E-state index in [2.05, 4.69) is 4.90 Å². The third-order valence-corrected chi connectivity index (χ3v) is 7.98. The van der Waals surface area contributed by atoms with E-state index in [0.717, 1.165) is 54.6 Å². The third-order valence-electron chi connectivity index (χ3n) is 7.70. The van der Waals surface area contributed by atoms with Crippen molar-refractivity contribution in [3.8, 4) is 11.5 Å². The normalized spacial score (nSPS) is 17.9. The van der Waals surface area contributed by atoms with Gasteiger partial charge in [-0.3, -0.25) is 9.59 Å². The van der Waals surface area contributed by atoms with Gasteiger partial charge in [-0.05, 0) is 67.5 Å². The van der Waals surface area contributed by atoms with Gasteiger partial charge >= 0.3 is 0 Å². The van der Waals surface area contributed by atoms with E-state index in [9.17, 15) is 14.0 Å². The van der Waals surface area contributed by atoms with Gasteiger partial charge in [-0.2, -0.15) is 0 Å². The molecule has 3 aliphatic rings. The number of methoxy groups -OCH3 is 2. The highest BCUT2D eigenvalue weighted by Crippen LogP contribution is 2.51. The molecule has 2 aromatic rings. The molecule has 206 valence electrons. The second-order valence-electron chi connectivity index (χ2n) is 10.2. The van der Waals surface area contributed by atoms with Gasteiger partial charge in [-0.1, -0.05) is 23.7 Å². The number of benzene rings is 2. The highest BCUT2D eigenvalue weighted by Gasteiger charge is 2.43. The van der Waals surface area contributed by atoms with E-state index in [0.29, 0.717) is 53.7 Å². The number of nitrogens with zero attached hydrogens (tertiary/aromatic N) is 1. The van der Waals surface area contributed by atoms with Crippen molar-refractivity contribution in [3.63, 3.8) is 0 Å². The van der Waals surface area contributed by atoms with Crippen molar-refractivity contribution in [1.82, 2.24) is 4.90 Å². The first kappa shape index (κ1) is 27.4. The van der Waals surface area contributed by atoms with Crippen LogP contribution in [0.3, 0.4) is 0 Å². The van der Waals surface area contributed by atoms with Gasteiger partial charge in [0.15, 0.2) is 23.1 Å². The highest BCUT2D eigenvalue weighted by atomic mass is 35.5. The molecule has 8 heteroatoms. The lowest BCUT2D eigenvalue weighted by molar-refractivity contribution is -0.117. The summed E-state index contributed by atoms with van der Waals surface area (Å²) in [4.78, 5) is 29.2. The second-order valence-corrected chi connectivity index (χ2v) is 10.6. The Balaban J connectivity index is 1.57. The number of rotatable bonds is 9. The number of ether oxygens (including phenoxy) is 3. The van der Waals surface area contributed by atoms with E-state index >= 15 is 0 Å². The fraction of sp³-hybridized carbons (Fsp3) is 0.419. The van der Waals surface area contributed by atoms with Crippen molar-refractivity contribution in [2.45, 2.75) is 57.5 Å². The van der Waals surface area contributed by atoms with Gasteiger partial charge in [0.1, 0.15) is 12.4 Å². The summed E-state index contributed by atoms with van der Waals surface area (Å²) in [6.07, 6.45) is 4.89. The van der Waals surface area contributed by atoms with Crippen LogP contribution < -0.4 is 9.47 Å². The molecule has 0 spiro atoms. The minimum Gasteiger partial charge on any atom is -0.493 e. The molecule has 0 fully saturated rings. The lowest BCUT2D eigenvalue weighted by Crippen LogP contribution is -2.39. The lowest BCUT2D eigenvalue weighted by Gasteiger charge is -2.44. The zero-order chi connectivity index (χ0) is 27.5. The molecule has 5 rings (SSSR count). The van der Waals surface area contributed by atoms with E-state index < -0.39 is 5.92 Å². The Morgan fingerprint density at radius 2 is 1.59 bits per heavy atom. The maximum absolute atomic E-state index is 13.5. The summed E-state index contributed by atoms with van der Waals surface area (Å²) in [6, 6.07) is 9.67. The largest absolute Gasteiger partial charge is 0.493 e. The summed E-state index contributed by atoms with van der Waals surface area (Å²) in [7, 11) is 3.21. The van der Waals surface area contributed by atoms with Crippen LogP contribution in [-0.2, 0) is 20.9 Å². The van der Waals surface area contributed by atoms with Crippen LogP contribution in [0.4, 0.5) is 4.39 Å². The molecule has 1 aliphatic heterocycles. The van der Waals surface area contributed by atoms with E-state index in [1.807, 2.05) is 6.07 Å². The SMILES string of the molecule is COCCCN1C2=C(C(=O)CCC2)C(c2cc(Cl)c(OCc3ccc(F)cc3)c(OC)c2)C2=C1CCCC2=O. The summed E-state index contributed by atoms with van der Waals surface area (Å²) in [5.74, 6) is 0.118. The monoisotopic (exact) mass is 553 g/mol. The minimum absolute atomic E-state index is 0.0784. The molecule has 6 nitrogen and oxygen atoms in total. The number of carbonyl (C=O) groups is 2. The Morgan fingerprint density at radius 1 is 0.949 bits per heavy atom. The van der Waals surface area contributed by atoms with Crippen LogP contribution in [0.25, 0.3) is 0 Å². The summed E-state index contributed by atoms with van der Waals surface area (Å²) in [6.45, 7) is 1.50. The van der Waals surface area contributed by atoms with Crippen molar-refractivity contribution in [1.29, 1.82) is 0 Å². The molecule has 39 heavy (non-hydrogen) atoms. The Kier molecular flexibility index (Phi) is 8.38. The van der Waals surface area contributed by atoms with Gasteiger partial charge in [0.2, 0.25) is 0 Å². The van der Waals surface area contributed by atoms with Crippen LogP contribution in [-0.4, -0.2) is 43.8 Å². The van der Waals surface area contributed by atoms with Gasteiger partial charge in [0.25, 0.3) is 0 Å². The summed E-state index contributed by atoms with van der Waals surface area (Å²) < 4.78 is 30.3. The van der Waals surface area contributed by atoms with Crippen molar-refractivity contribution >= 4 is 23.2 Å². The molecule has 0 aromatic heterocycles. The first-order valence-electron chi connectivity index (χ1n) is 13.5. The van der Waals surface area contributed by atoms with Gasteiger partial charge in [-0.25, -0.2) is 4.39 Å². The van der Waals surface area contributed by atoms with E-state index in [1.165, 1.54) is 19.2 Å². The van der Waals surface area contributed by atoms with Gasteiger partial charge < -0.3 is 19.1 Å². The van der Waals surface area contributed by atoms with Gasteiger partial charge in [0.05, 0.1) is 12.1 Å². The summed E-state index contributed by atoms with van der Waals surface area (Å²) in [5.41, 5.74) is 4.97. The fourth-order valence-electron chi connectivity index (χ4n) is 5.97. The average molecular weight is 554 g/mol. The molecule has 0 bridgehead atoms. The standard InChI is InChI=1S/C31H33ClFNO5/c1-37-15-5-14-34-23-6-3-8-25(35)29(23)28(30-24(34)7-4-9-26(30)36)20-16-22(32)31(27(17-20)38-2)39-18-19-10-12-21(33)13-11-19/h10-13,16-17,28H,3-9,14-15,18H2,1-2H3. The van der Waals surface area contributed by atoms with Crippen molar-refractivity contribution in [2.75, 3.05) is 27.4 Å². The molecule has 0 saturated carbocycles. The van der Waals surface area contributed by atoms with Crippen molar-refractivity contribution in [2.24, 2.45) is 0 Å². The molecule has 0 saturated heterocycles. The van der Waals surface area contributed by atoms with Crippen LogP contribution in [0.15, 0.2) is 58.9 Å². The number of Topliss-reactive ketones (excluding diaryl/α,β-unsaturated/α-hetero) is 2.